The van der Waals surface area contributed by atoms with Crippen molar-refractivity contribution in [1.82, 2.24) is 0 Å². The quantitative estimate of drug-likeness (QED) is 0.0374. The molecule has 386 valence electrons. The minimum atomic E-state index is -0.784. The van der Waals surface area contributed by atoms with Crippen LogP contribution in [0.3, 0.4) is 0 Å². The van der Waals surface area contributed by atoms with E-state index >= 15 is 0 Å². The monoisotopic (exact) mass is 941 g/mol. The summed E-state index contributed by atoms with van der Waals surface area (Å²) in [5.74, 6) is -0.600. The zero-order valence-electron chi connectivity index (χ0n) is 44.1. The summed E-state index contributed by atoms with van der Waals surface area (Å²) in [5, 5.41) is 9.66. The van der Waals surface area contributed by atoms with E-state index in [-0.39, 0.29) is 25.2 Å². The van der Waals surface area contributed by atoms with Crippen molar-refractivity contribution in [3.05, 3.63) is 122 Å². The lowest BCUT2D eigenvalue weighted by Crippen LogP contribution is -2.28. The SMILES string of the molecule is CC/C=C\C/C=C\C/C=C\C/C=C\C/C=C\CCCCCCCCCCCCCC(=O)OCC(CO)OC(=O)CCCCCCCCCCCCC/C=C\C/C=C\C/C=C\C/C=C\C/C=C\CC. The second kappa shape index (κ2) is 57.6. The molecule has 0 heterocycles. The van der Waals surface area contributed by atoms with Crippen LogP contribution in [0.25, 0.3) is 0 Å². The smallest absolute Gasteiger partial charge is 0.306 e. The highest BCUT2D eigenvalue weighted by molar-refractivity contribution is 5.70. The first-order valence-electron chi connectivity index (χ1n) is 28.1. The molecule has 1 N–H and O–H groups in total. The van der Waals surface area contributed by atoms with Gasteiger partial charge in [0.05, 0.1) is 6.61 Å². The molecule has 0 fully saturated rings. The van der Waals surface area contributed by atoms with Gasteiger partial charge in [-0.15, -0.1) is 0 Å². The molecule has 0 radical (unpaired) electrons. The van der Waals surface area contributed by atoms with Gasteiger partial charge in [0.15, 0.2) is 6.10 Å². The number of aliphatic hydroxyl groups is 1. The largest absolute Gasteiger partial charge is 0.462 e. The van der Waals surface area contributed by atoms with E-state index in [1.165, 1.54) is 116 Å². The third-order valence-corrected chi connectivity index (χ3v) is 11.8. The van der Waals surface area contributed by atoms with Crippen LogP contribution in [0.4, 0.5) is 0 Å². The number of hydrogen-bond acceptors (Lipinski definition) is 5. The Morgan fingerprint density at radius 2 is 0.588 bits per heavy atom. The lowest BCUT2D eigenvalue weighted by molar-refractivity contribution is -0.161. The summed E-state index contributed by atoms with van der Waals surface area (Å²) < 4.78 is 10.7. The maximum absolute atomic E-state index is 12.3. The van der Waals surface area contributed by atoms with Crippen molar-refractivity contribution < 1.29 is 24.2 Å². The molecule has 0 bridgehead atoms. The van der Waals surface area contributed by atoms with E-state index < -0.39 is 6.10 Å². The molecule has 0 amide bonds. The van der Waals surface area contributed by atoms with Gasteiger partial charge in [-0.3, -0.25) is 9.59 Å². The Kier molecular flexibility index (Phi) is 54.5. The fourth-order valence-electron chi connectivity index (χ4n) is 7.61. The maximum Gasteiger partial charge on any atom is 0.306 e. The topological polar surface area (TPSA) is 72.8 Å². The summed E-state index contributed by atoms with van der Waals surface area (Å²) >= 11 is 0. The summed E-state index contributed by atoms with van der Waals surface area (Å²) in [6.45, 7) is 3.92. The molecule has 0 spiro atoms. The fourth-order valence-corrected chi connectivity index (χ4v) is 7.61. The van der Waals surface area contributed by atoms with Crippen molar-refractivity contribution >= 4 is 11.9 Å². The number of rotatable bonds is 50. The van der Waals surface area contributed by atoms with Gasteiger partial charge >= 0.3 is 11.9 Å². The van der Waals surface area contributed by atoms with Crippen LogP contribution >= 0.6 is 0 Å². The van der Waals surface area contributed by atoms with E-state index in [1.807, 2.05) is 0 Å². The Hall–Kier alpha value is -3.70. The molecule has 0 rings (SSSR count). The molecule has 5 heteroatoms. The van der Waals surface area contributed by atoms with Crippen molar-refractivity contribution in [3.63, 3.8) is 0 Å². The van der Waals surface area contributed by atoms with Gasteiger partial charge in [0.25, 0.3) is 0 Å². The Labute approximate surface area is 420 Å². The lowest BCUT2D eigenvalue weighted by Gasteiger charge is -2.15. The van der Waals surface area contributed by atoms with Crippen molar-refractivity contribution in [3.8, 4) is 0 Å². The maximum atomic E-state index is 12.3. The molecule has 1 atom stereocenters. The molecular weight excluding hydrogens is 837 g/mol. The van der Waals surface area contributed by atoms with Gasteiger partial charge in [0, 0.05) is 12.8 Å². The van der Waals surface area contributed by atoms with Crippen LogP contribution in [-0.2, 0) is 19.1 Å². The molecule has 0 saturated heterocycles. The number of aliphatic hydroxyl groups excluding tert-OH is 1. The third kappa shape index (κ3) is 54.9. The van der Waals surface area contributed by atoms with Crippen molar-refractivity contribution in [2.75, 3.05) is 13.2 Å². The number of allylic oxidation sites excluding steroid dienone is 20. The minimum Gasteiger partial charge on any atom is -0.462 e. The van der Waals surface area contributed by atoms with E-state index in [9.17, 15) is 14.7 Å². The number of hydrogen-bond donors (Lipinski definition) is 1. The first kappa shape index (κ1) is 64.3. The third-order valence-electron chi connectivity index (χ3n) is 11.8. The van der Waals surface area contributed by atoms with Crippen molar-refractivity contribution in [2.24, 2.45) is 0 Å². The zero-order valence-corrected chi connectivity index (χ0v) is 44.1. The van der Waals surface area contributed by atoms with Crippen LogP contribution in [0.1, 0.15) is 245 Å². The standard InChI is InChI=1S/C63H104O5/c1-3-5-7-9-11-13-15-17-19-21-23-25-27-29-31-33-35-37-39-41-43-45-47-49-51-53-55-57-62(65)67-60-61(59-64)68-63(66)58-56-54-52-50-48-46-44-42-40-38-36-34-32-30-28-26-24-22-20-18-16-14-12-10-8-6-4-2/h5-8,11-14,17-20,23-26,29-32,61,64H,3-4,9-10,15-16,21-22,27-28,33-60H2,1-2H3/b7-5-,8-6-,13-11-,14-12-,19-17-,20-18-,25-23-,26-24-,31-29-,32-30-. The van der Waals surface area contributed by atoms with Crippen LogP contribution in [0.2, 0.25) is 0 Å². The highest BCUT2D eigenvalue weighted by Gasteiger charge is 2.16. The number of carbonyl (C=O) groups is 2. The van der Waals surface area contributed by atoms with Crippen LogP contribution in [0, 0.1) is 0 Å². The van der Waals surface area contributed by atoms with E-state index in [0.29, 0.717) is 12.8 Å². The van der Waals surface area contributed by atoms with Gasteiger partial charge in [-0.2, -0.15) is 0 Å². The normalized spacial score (nSPS) is 13.2. The highest BCUT2D eigenvalue weighted by Crippen LogP contribution is 2.15. The number of ether oxygens (including phenoxy) is 2. The molecule has 68 heavy (non-hydrogen) atoms. The summed E-state index contributed by atoms with van der Waals surface area (Å²) in [6.07, 6.45) is 84.4. The summed E-state index contributed by atoms with van der Waals surface area (Å²) in [5.41, 5.74) is 0. The predicted molar refractivity (Wildman–Crippen MR) is 297 cm³/mol. The molecule has 0 aromatic carbocycles. The van der Waals surface area contributed by atoms with Crippen LogP contribution in [0.5, 0.6) is 0 Å². The van der Waals surface area contributed by atoms with Gasteiger partial charge in [-0.25, -0.2) is 0 Å². The second-order valence-corrected chi connectivity index (χ2v) is 18.2. The number of unbranched alkanes of at least 4 members (excludes halogenated alkanes) is 22. The van der Waals surface area contributed by atoms with Crippen LogP contribution < -0.4 is 0 Å². The second-order valence-electron chi connectivity index (χ2n) is 18.2. The van der Waals surface area contributed by atoms with Crippen LogP contribution in [-0.4, -0.2) is 36.4 Å². The highest BCUT2D eigenvalue weighted by atomic mass is 16.6. The minimum absolute atomic E-state index is 0.0746. The van der Waals surface area contributed by atoms with E-state index in [4.69, 9.17) is 9.47 Å². The molecular formula is C63H104O5. The van der Waals surface area contributed by atoms with Gasteiger partial charge in [-0.1, -0.05) is 251 Å². The van der Waals surface area contributed by atoms with E-state index in [2.05, 4.69) is 135 Å². The molecule has 5 nitrogen and oxygen atoms in total. The van der Waals surface area contributed by atoms with Crippen molar-refractivity contribution in [1.29, 1.82) is 0 Å². The molecule has 0 saturated carbocycles. The predicted octanol–water partition coefficient (Wildman–Crippen LogP) is 19.1. The molecule has 1 unspecified atom stereocenters. The van der Waals surface area contributed by atoms with Crippen LogP contribution in [0.15, 0.2) is 122 Å². The Morgan fingerprint density at radius 3 is 0.882 bits per heavy atom. The first-order chi connectivity index (χ1) is 33.6. The average molecular weight is 942 g/mol. The lowest BCUT2D eigenvalue weighted by atomic mass is 10.0. The fraction of sp³-hybridized carbons (Fsp3) is 0.651. The van der Waals surface area contributed by atoms with Gasteiger partial charge in [-0.05, 0) is 103 Å². The molecule has 0 aliphatic carbocycles. The Balaban J connectivity index is 3.54. The molecule has 0 aliphatic heterocycles. The summed E-state index contributed by atoms with van der Waals surface area (Å²) in [4.78, 5) is 24.5. The Morgan fingerprint density at radius 1 is 0.338 bits per heavy atom. The summed E-state index contributed by atoms with van der Waals surface area (Å²) in [6, 6.07) is 0. The zero-order chi connectivity index (χ0) is 49.2. The molecule has 0 aliphatic rings. The van der Waals surface area contributed by atoms with Gasteiger partial charge in [0.2, 0.25) is 0 Å². The van der Waals surface area contributed by atoms with Crippen molar-refractivity contribution in [2.45, 2.75) is 251 Å². The Bertz CT molecular complexity index is 1390. The molecule has 0 aromatic rings. The van der Waals surface area contributed by atoms with Gasteiger partial charge < -0.3 is 14.6 Å². The van der Waals surface area contributed by atoms with E-state index in [1.54, 1.807) is 0 Å². The molecule has 0 aromatic heterocycles. The number of carbonyl (C=O) groups excluding carboxylic acids is 2. The summed E-state index contributed by atoms with van der Waals surface area (Å²) in [7, 11) is 0. The van der Waals surface area contributed by atoms with Gasteiger partial charge in [0.1, 0.15) is 6.61 Å². The average Bonchev–Trinajstić information content (AvgIpc) is 3.34. The van der Waals surface area contributed by atoms with E-state index in [0.717, 1.165) is 103 Å². The first-order valence-corrected chi connectivity index (χ1v) is 28.1. The number of esters is 2.